The smallest absolute Gasteiger partial charge is 0.0994 e. The number of hydrogen-bond donors (Lipinski definition) is 1. The molecule has 0 bridgehead atoms. The fraction of sp³-hybridized carbons (Fsp3) is 0.438. The molecule has 1 aromatic carbocycles. The molecule has 1 saturated heterocycles. The first-order chi connectivity index (χ1) is 10.1. The molecule has 112 valence electrons. The minimum atomic E-state index is -0.417. The van der Waals surface area contributed by atoms with Gasteiger partial charge in [-0.3, -0.25) is 0 Å². The first-order valence-electron chi connectivity index (χ1n) is 7.30. The van der Waals surface area contributed by atoms with E-state index in [0.29, 0.717) is 0 Å². The zero-order valence-electron chi connectivity index (χ0n) is 12.6. The first-order valence-corrected chi connectivity index (χ1v) is 7.30. The third-order valence-electron chi connectivity index (χ3n) is 3.80. The van der Waals surface area contributed by atoms with Crippen LogP contribution in [0.4, 0.5) is 5.69 Å². The van der Waals surface area contributed by atoms with Crippen LogP contribution in [-0.2, 0) is 10.3 Å². The van der Waals surface area contributed by atoms with Crippen LogP contribution in [0.2, 0.25) is 0 Å². The zero-order valence-corrected chi connectivity index (χ0v) is 12.6. The average Bonchev–Trinajstić information content (AvgIpc) is 2.98. The van der Waals surface area contributed by atoms with Gasteiger partial charge < -0.3 is 19.9 Å². The van der Waals surface area contributed by atoms with Gasteiger partial charge in [0, 0.05) is 24.5 Å². The molecule has 3 rings (SSSR count). The largest absolute Gasteiger partial charge is 0.378 e. The molecule has 0 amide bonds. The second-order valence-corrected chi connectivity index (χ2v) is 5.99. The lowest BCUT2D eigenvalue weighted by Crippen LogP contribution is -2.36. The summed E-state index contributed by atoms with van der Waals surface area (Å²) in [7, 11) is 0. The molecule has 1 aliphatic heterocycles. The number of benzene rings is 1. The number of rotatable bonds is 3. The van der Waals surface area contributed by atoms with Gasteiger partial charge in [0.05, 0.1) is 37.0 Å². The van der Waals surface area contributed by atoms with Gasteiger partial charge in [0.25, 0.3) is 0 Å². The molecule has 2 heterocycles. The van der Waals surface area contributed by atoms with E-state index in [-0.39, 0.29) is 0 Å². The summed E-state index contributed by atoms with van der Waals surface area (Å²) in [4.78, 5) is 6.58. The molecule has 5 heteroatoms. The van der Waals surface area contributed by atoms with E-state index in [2.05, 4.69) is 34.1 Å². The number of ether oxygens (including phenoxy) is 1. The van der Waals surface area contributed by atoms with Gasteiger partial charge in [-0.15, -0.1) is 0 Å². The highest BCUT2D eigenvalue weighted by atomic mass is 16.5. The maximum absolute atomic E-state index is 6.20. The van der Waals surface area contributed by atoms with Crippen LogP contribution in [-0.4, -0.2) is 35.9 Å². The van der Waals surface area contributed by atoms with Gasteiger partial charge >= 0.3 is 0 Å². The minimum absolute atomic E-state index is 0.417. The van der Waals surface area contributed by atoms with Gasteiger partial charge in [0.15, 0.2) is 0 Å². The van der Waals surface area contributed by atoms with Gasteiger partial charge in [-0.1, -0.05) is 0 Å². The quantitative estimate of drug-likeness (QED) is 0.936. The van der Waals surface area contributed by atoms with E-state index in [9.17, 15) is 0 Å². The van der Waals surface area contributed by atoms with Crippen LogP contribution in [0.5, 0.6) is 0 Å². The second kappa shape index (κ2) is 5.50. The summed E-state index contributed by atoms with van der Waals surface area (Å²) < 4.78 is 7.43. The average molecular weight is 286 g/mol. The summed E-state index contributed by atoms with van der Waals surface area (Å²) in [5, 5.41) is 0. The van der Waals surface area contributed by atoms with E-state index >= 15 is 0 Å². The van der Waals surface area contributed by atoms with Gasteiger partial charge in [-0.2, -0.15) is 0 Å². The lowest BCUT2D eigenvalue weighted by atomic mass is 10.0. The maximum Gasteiger partial charge on any atom is 0.0994 e. The number of aromatic nitrogens is 2. The highest BCUT2D eigenvalue weighted by molar-refractivity contribution is 5.51. The van der Waals surface area contributed by atoms with Crippen molar-refractivity contribution >= 4 is 5.69 Å². The number of anilines is 1. The van der Waals surface area contributed by atoms with Crippen LogP contribution < -0.4 is 10.6 Å². The van der Waals surface area contributed by atoms with Crippen molar-refractivity contribution in [1.82, 2.24) is 9.55 Å². The predicted octanol–water partition coefficient (Wildman–Crippen LogP) is 1.90. The Morgan fingerprint density at radius 3 is 2.33 bits per heavy atom. The molecular formula is C16H22N4O. The second-order valence-electron chi connectivity index (χ2n) is 5.99. The highest BCUT2D eigenvalue weighted by Gasteiger charge is 2.20. The summed E-state index contributed by atoms with van der Waals surface area (Å²) >= 11 is 0. The highest BCUT2D eigenvalue weighted by Crippen LogP contribution is 2.23. The van der Waals surface area contributed by atoms with Crippen molar-refractivity contribution in [2.24, 2.45) is 5.73 Å². The number of morpholine rings is 1. The Morgan fingerprint density at radius 1 is 1.10 bits per heavy atom. The number of nitrogens with zero attached hydrogens (tertiary/aromatic N) is 3. The van der Waals surface area contributed by atoms with Crippen molar-refractivity contribution in [2.45, 2.75) is 19.4 Å². The van der Waals surface area contributed by atoms with Crippen molar-refractivity contribution in [3.63, 3.8) is 0 Å². The minimum Gasteiger partial charge on any atom is -0.378 e. The van der Waals surface area contributed by atoms with Gasteiger partial charge in [-0.05, 0) is 38.1 Å². The van der Waals surface area contributed by atoms with Crippen LogP contribution in [0.15, 0.2) is 36.8 Å². The Hall–Kier alpha value is -1.85. The number of hydrogen-bond acceptors (Lipinski definition) is 4. The number of nitrogens with two attached hydrogens (primary N) is 1. The Labute approximate surface area is 125 Å². The number of imidazole rings is 1. The summed E-state index contributed by atoms with van der Waals surface area (Å²) in [5.74, 6) is 0. The molecule has 0 spiro atoms. The first kappa shape index (κ1) is 14.1. The summed E-state index contributed by atoms with van der Waals surface area (Å²) in [6, 6.07) is 8.52. The predicted molar refractivity (Wildman–Crippen MR) is 83.8 cm³/mol. The lowest BCUT2D eigenvalue weighted by Gasteiger charge is -2.29. The fourth-order valence-electron chi connectivity index (χ4n) is 2.62. The van der Waals surface area contributed by atoms with Crippen molar-refractivity contribution in [3.05, 3.63) is 42.5 Å². The Morgan fingerprint density at radius 2 is 1.71 bits per heavy atom. The molecule has 5 nitrogen and oxygen atoms in total. The molecule has 2 aromatic rings. The molecule has 1 aromatic heterocycles. The van der Waals surface area contributed by atoms with E-state index < -0.39 is 5.54 Å². The molecule has 1 fully saturated rings. The topological polar surface area (TPSA) is 56.3 Å². The van der Waals surface area contributed by atoms with E-state index in [1.54, 1.807) is 0 Å². The Kier molecular flexibility index (Phi) is 3.69. The third-order valence-corrected chi connectivity index (χ3v) is 3.80. The van der Waals surface area contributed by atoms with Gasteiger partial charge in [0.1, 0.15) is 0 Å². The molecule has 0 radical (unpaired) electrons. The van der Waals surface area contributed by atoms with Crippen molar-refractivity contribution in [3.8, 4) is 5.69 Å². The van der Waals surface area contributed by atoms with E-state index in [1.807, 2.05) is 30.9 Å². The maximum atomic E-state index is 6.20. The van der Waals surface area contributed by atoms with Crippen LogP contribution in [0.25, 0.3) is 5.69 Å². The van der Waals surface area contributed by atoms with Crippen LogP contribution in [0, 0.1) is 0 Å². The van der Waals surface area contributed by atoms with Crippen molar-refractivity contribution in [1.29, 1.82) is 0 Å². The van der Waals surface area contributed by atoms with Gasteiger partial charge in [-0.25, -0.2) is 4.98 Å². The summed E-state index contributed by atoms with van der Waals surface area (Å²) in [6.07, 6.45) is 3.64. The molecule has 0 atom stereocenters. The van der Waals surface area contributed by atoms with E-state index in [0.717, 1.165) is 37.7 Å². The van der Waals surface area contributed by atoms with E-state index in [1.165, 1.54) is 5.69 Å². The molecular weight excluding hydrogens is 264 g/mol. The fourth-order valence-corrected chi connectivity index (χ4v) is 2.62. The van der Waals surface area contributed by atoms with Crippen molar-refractivity contribution in [2.75, 3.05) is 31.2 Å². The molecule has 21 heavy (non-hydrogen) atoms. The van der Waals surface area contributed by atoms with Crippen LogP contribution in [0.1, 0.15) is 19.5 Å². The third kappa shape index (κ3) is 2.94. The zero-order chi connectivity index (χ0) is 14.9. The molecule has 0 saturated carbocycles. The van der Waals surface area contributed by atoms with Crippen molar-refractivity contribution < 1.29 is 4.74 Å². The van der Waals surface area contributed by atoms with Crippen LogP contribution in [0.3, 0.4) is 0 Å². The monoisotopic (exact) mass is 286 g/mol. The van der Waals surface area contributed by atoms with Gasteiger partial charge in [0.2, 0.25) is 0 Å². The molecule has 2 N–H and O–H groups in total. The summed E-state index contributed by atoms with van der Waals surface area (Å²) in [6.45, 7) is 7.48. The normalized spacial score (nSPS) is 16.2. The SMILES string of the molecule is CC(C)(N)c1cncn1-c1ccc(N2CCOCC2)cc1. The summed E-state index contributed by atoms with van der Waals surface area (Å²) in [5.41, 5.74) is 9.10. The molecule has 1 aliphatic rings. The Bertz CT molecular complexity index is 591. The van der Waals surface area contributed by atoms with Crippen LogP contribution >= 0.6 is 0 Å². The molecule has 0 unspecified atom stereocenters. The molecule has 0 aliphatic carbocycles. The Balaban J connectivity index is 1.86. The standard InChI is InChI=1S/C16H22N4O/c1-16(2,17)15-11-18-12-20(15)14-5-3-13(4-6-14)19-7-9-21-10-8-19/h3-6,11-12H,7-10,17H2,1-2H3. The lowest BCUT2D eigenvalue weighted by molar-refractivity contribution is 0.122. The van der Waals surface area contributed by atoms with E-state index in [4.69, 9.17) is 10.5 Å².